The smallest absolute Gasteiger partial charge is 0.289 e. The van der Waals surface area contributed by atoms with Gasteiger partial charge >= 0.3 is 0 Å². The quantitative estimate of drug-likeness (QED) is 0.912. The van der Waals surface area contributed by atoms with Crippen LogP contribution in [0.1, 0.15) is 49.1 Å². The first-order valence-electron chi connectivity index (χ1n) is 8.94. The third-order valence-corrected chi connectivity index (χ3v) is 5.53. The first-order valence-corrected chi connectivity index (χ1v) is 8.94. The lowest BCUT2D eigenvalue weighted by atomic mass is 9.71. The Hall–Kier alpha value is -1.82. The molecule has 1 aromatic heterocycles. The Morgan fingerprint density at radius 3 is 2.33 bits per heavy atom. The summed E-state index contributed by atoms with van der Waals surface area (Å²) in [4.78, 5) is 28.6. The Morgan fingerprint density at radius 1 is 1.08 bits per heavy atom. The average molecular weight is 333 g/mol. The molecular formula is C18H27N3O3. The van der Waals surface area contributed by atoms with E-state index in [0.717, 1.165) is 12.8 Å². The van der Waals surface area contributed by atoms with Gasteiger partial charge in [-0.2, -0.15) is 0 Å². The minimum absolute atomic E-state index is 0.00352. The van der Waals surface area contributed by atoms with Gasteiger partial charge in [-0.3, -0.25) is 9.59 Å². The van der Waals surface area contributed by atoms with Crippen LogP contribution in [0.2, 0.25) is 0 Å². The van der Waals surface area contributed by atoms with Crippen molar-refractivity contribution in [1.82, 2.24) is 9.80 Å². The maximum Gasteiger partial charge on any atom is 0.289 e. The topological polar surface area (TPSA) is 79.8 Å². The van der Waals surface area contributed by atoms with Crippen LogP contribution in [-0.4, -0.2) is 54.3 Å². The zero-order chi connectivity index (χ0) is 17.0. The maximum atomic E-state index is 12.7. The van der Waals surface area contributed by atoms with Gasteiger partial charge in [-0.1, -0.05) is 19.3 Å². The fraction of sp³-hybridized carbons (Fsp3) is 0.667. The van der Waals surface area contributed by atoms with Crippen LogP contribution in [0, 0.1) is 5.41 Å². The number of amides is 2. The normalized spacial score (nSPS) is 20.9. The molecule has 0 spiro atoms. The Morgan fingerprint density at radius 2 is 1.75 bits per heavy atom. The highest BCUT2D eigenvalue weighted by atomic mass is 16.3. The van der Waals surface area contributed by atoms with E-state index in [0.29, 0.717) is 44.9 Å². The van der Waals surface area contributed by atoms with Crippen LogP contribution >= 0.6 is 0 Å². The van der Waals surface area contributed by atoms with E-state index in [1.807, 2.05) is 4.90 Å². The molecule has 3 rings (SSSR count). The van der Waals surface area contributed by atoms with Crippen molar-refractivity contribution >= 4 is 11.8 Å². The van der Waals surface area contributed by atoms with Crippen molar-refractivity contribution in [3.05, 3.63) is 24.2 Å². The lowest BCUT2D eigenvalue weighted by Gasteiger charge is -2.39. The van der Waals surface area contributed by atoms with E-state index in [1.165, 1.54) is 25.5 Å². The molecule has 0 radical (unpaired) electrons. The van der Waals surface area contributed by atoms with E-state index >= 15 is 0 Å². The first kappa shape index (κ1) is 17.0. The standard InChI is InChI=1S/C18H27N3O3/c19-14-18(6-2-1-3-7-18)13-16(22)20-8-10-21(11-9-20)17(23)15-5-4-12-24-15/h4-5,12H,1-3,6-11,13-14,19H2. The Kier molecular flexibility index (Phi) is 5.23. The molecule has 132 valence electrons. The fourth-order valence-electron chi connectivity index (χ4n) is 3.90. The number of carbonyl (C=O) groups is 2. The van der Waals surface area contributed by atoms with Crippen molar-refractivity contribution in [2.75, 3.05) is 32.7 Å². The molecule has 6 nitrogen and oxygen atoms in total. The summed E-state index contributed by atoms with van der Waals surface area (Å²) in [6, 6.07) is 3.39. The molecule has 1 saturated heterocycles. The van der Waals surface area contributed by atoms with E-state index in [-0.39, 0.29) is 17.2 Å². The van der Waals surface area contributed by atoms with Crippen molar-refractivity contribution in [2.45, 2.75) is 38.5 Å². The summed E-state index contributed by atoms with van der Waals surface area (Å²) < 4.78 is 5.17. The molecule has 0 aromatic carbocycles. The molecule has 1 aliphatic heterocycles. The van der Waals surface area contributed by atoms with Gasteiger partial charge in [0.15, 0.2) is 5.76 Å². The molecule has 2 amide bonds. The predicted molar refractivity (Wildman–Crippen MR) is 90.4 cm³/mol. The van der Waals surface area contributed by atoms with Gasteiger partial charge in [-0.05, 0) is 36.9 Å². The van der Waals surface area contributed by atoms with Gasteiger partial charge in [0, 0.05) is 32.6 Å². The summed E-state index contributed by atoms with van der Waals surface area (Å²) in [5.74, 6) is 0.448. The molecule has 2 N–H and O–H groups in total. The molecule has 0 unspecified atom stereocenters. The number of nitrogens with two attached hydrogens (primary N) is 1. The molecule has 0 atom stereocenters. The average Bonchev–Trinajstić information content (AvgIpc) is 3.16. The van der Waals surface area contributed by atoms with Crippen LogP contribution in [0.4, 0.5) is 0 Å². The van der Waals surface area contributed by atoms with Crippen LogP contribution in [0.3, 0.4) is 0 Å². The van der Waals surface area contributed by atoms with Gasteiger partial charge in [-0.25, -0.2) is 0 Å². The molecule has 24 heavy (non-hydrogen) atoms. The third kappa shape index (κ3) is 3.64. The van der Waals surface area contributed by atoms with E-state index in [4.69, 9.17) is 10.2 Å². The van der Waals surface area contributed by atoms with Gasteiger partial charge in [0.2, 0.25) is 5.91 Å². The zero-order valence-electron chi connectivity index (χ0n) is 14.2. The number of hydrogen-bond donors (Lipinski definition) is 1. The number of hydrogen-bond acceptors (Lipinski definition) is 4. The summed E-state index contributed by atoms with van der Waals surface area (Å²) in [5, 5.41) is 0. The fourth-order valence-corrected chi connectivity index (χ4v) is 3.90. The maximum absolute atomic E-state index is 12.7. The second-order valence-corrected chi connectivity index (χ2v) is 7.09. The molecule has 1 saturated carbocycles. The van der Waals surface area contributed by atoms with Gasteiger partial charge in [0.25, 0.3) is 5.91 Å². The van der Waals surface area contributed by atoms with E-state index in [1.54, 1.807) is 17.0 Å². The molecule has 0 bridgehead atoms. The van der Waals surface area contributed by atoms with Crippen molar-refractivity contribution in [3.8, 4) is 0 Å². The molecule has 2 aliphatic rings. The number of carbonyl (C=O) groups excluding carboxylic acids is 2. The highest BCUT2D eigenvalue weighted by Crippen LogP contribution is 2.38. The number of nitrogens with zero attached hydrogens (tertiary/aromatic N) is 2. The summed E-state index contributed by atoms with van der Waals surface area (Å²) in [6.45, 7) is 2.88. The number of rotatable bonds is 4. The van der Waals surface area contributed by atoms with Gasteiger partial charge in [0.05, 0.1) is 6.26 Å². The Bertz CT molecular complexity index is 556. The number of furan rings is 1. The molecule has 1 aliphatic carbocycles. The van der Waals surface area contributed by atoms with Crippen LogP contribution in [0.15, 0.2) is 22.8 Å². The van der Waals surface area contributed by atoms with E-state index in [2.05, 4.69) is 0 Å². The molecule has 6 heteroatoms. The molecule has 1 aromatic rings. The van der Waals surface area contributed by atoms with Gasteiger partial charge < -0.3 is 20.0 Å². The lowest BCUT2D eigenvalue weighted by molar-refractivity contribution is -0.135. The summed E-state index contributed by atoms with van der Waals surface area (Å²) in [5.41, 5.74) is 5.99. The van der Waals surface area contributed by atoms with Gasteiger partial charge in [0.1, 0.15) is 0 Å². The monoisotopic (exact) mass is 333 g/mol. The van der Waals surface area contributed by atoms with Crippen LogP contribution in [0.25, 0.3) is 0 Å². The van der Waals surface area contributed by atoms with E-state index < -0.39 is 0 Å². The largest absolute Gasteiger partial charge is 0.459 e. The minimum Gasteiger partial charge on any atom is -0.459 e. The summed E-state index contributed by atoms with van der Waals surface area (Å²) >= 11 is 0. The second-order valence-electron chi connectivity index (χ2n) is 7.09. The highest BCUT2D eigenvalue weighted by Gasteiger charge is 2.35. The second kappa shape index (κ2) is 7.38. The number of piperazine rings is 1. The van der Waals surface area contributed by atoms with E-state index in [9.17, 15) is 9.59 Å². The summed E-state index contributed by atoms with van der Waals surface area (Å²) in [6.07, 6.45) is 7.78. The van der Waals surface area contributed by atoms with Crippen molar-refractivity contribution in [1.29, 1.82) is 0 Å². The van der Waals surface area contributed by atoms with Crippen LogP contribution in [0.5, 0.6) is 0 Å². The zero-order valence-corrected chi connectivity index (χ0v) is 14.2. The lowest BCUT2D eigenvalue weighted by Crippen LogP contribution is -2.51. The molecular weight excluding hydrogens is 306 g/mol. The predicted octanol–water partition coefficient (Wildman–Crippen LogP) is 1.86. The molecule has 2 fully saturated rings. The van der Waals surface area contributed by atoms with Crippen LogP contribution < -0.4 is 5.73 Å². The Labute approximate surface area is 143 Å². The van der Waals surface area contributed by atoms with Crippen molar-refractivity contribution < 1.29 is 14.0 Å². The molecule has 2 heterocycles. The minimum atomic E-state index is -0.0993. The van der Waals surface area contributed by atoms with Crippen molar-refractivity contribution in [3.63, 3.8) is 0 Å². The third-order valence-electron chi connectivity index (χ3n) is 5.53. The first-order chi connectivity index (χ1) is 11.6. The van der Waals surface area contributed by atoms with Crippen molar-refractivity contribution in [2.24, 2.45) is 11.1 Å². The Balaban J connectivity index is 1.52. The van der Waals surface area contributed by atoms with Gasteiger partial charge in [-0.15, -0.1) is 0 Å². The highest BCUT2D eigenvalue weighted by molar-refractivity contribution is 5.91. The SMILES string of the molecule is NCC1(CC(=O)N2CCN(C(=O)c3ccco3)CC2)CCCCC1. The van der Waals surface area contributed by atoms with Crippen LogP contribution in [-0.2, 0) is 4.79 Å². The summed E-state index contributed by atoms with van der Waals surface area (Å²) in [7, 11) is 0.